The highest BCUT2D eigenvalue weighted by atomic mass is 79.9. The molecule has 0 saturated carbocycles. The number of halogens is 3. The average molecular weight is 429 g/mol. The van der Waals surface area contributed by atoms with Crippen molar-refractivity contribution in [3.63, 3.8) is 0 Å². The highest BCUT2D eigenvalue weighted by molar-refractivity contribution is 9.10. The summed E-state index contributed by atoms with van der Waals surface area (Å²) >= 11 is 16.8. The van der Waals surface area contributed by atoms with Crippen LogP contribution in [0.5, 0.6) is 0 Å². The Kier molecular flexibility index (Phi) is 5.73. The second kappa shape index (κ2) is 6.98. The first-order valence-electron chi connectivity index (χ1n) is 6.04. The normalized spacial score (nSPS) is 11.8. The molecule has 0 spiro atoms. The Morgan fingerprint density at radius 1 is 1.29 bits per heavy atom. The van der Waals surface area contributed by atoms with Crippen molar-refractivity contribution >= 4 is 60.5 Å². The number of aryl methyl sites for hydroxylation is 1. The summed E-state index contributed by atoms with van der Waals surface area (Å²) < 4.78 is 28.0. The van der Waals surface area contributed by atoms with Crippen LogP contribution in [0.3, 0.4) is 0 Å². The van der Waals surface area contributed by atoms with Crippen LogP contribution in [0.15, 0.2) is 32.9 Å². The summed E-state index contributed by atoms with van der Waals surface area (Å²) in [5, 5.41) is 2.12. The highest BCUT2D eigenvalue weighted by Crippen LogP contribution is 2.33. The molecular formula is C13H12BrCl2NO2S2. The van der Waals surface area contributed by atoms with E-state index in [0.29, 0.717) is 4.47 Å². The number of thiophene rings is 1. The molecule has 21 heavy (non-hydrogen) atoms. The molecule has 2 rings (SSSR count). The molecule has 0 unspecified atom stereocenters. The van der Waals surface area contributed by atoms with Gasteiger partial charge >= 0.3 is 0 Å². The van der Waals surface area contributed by atoms with Crippen LogP contribution < -0.4 is 4.72 Å². The molecule has 1 heterocycles. The Hall–Kier alpha value is -0.110. The van der Waals surface area contributed by atoms with Crippen LogP contribution in [0.1, 0.15) is 17.4 Å². The molecule has 0 aliphatic rings. The van der Waals surface area contributed by atoms with Crippen LogP contribution in [-0.2, 0) is 23.0 Å². The Balaban J connectivity index is 2.27. The van der Waals surface area contributed by atoms with Gasteiger partial charge in [-0.3, -0.25) is 0 Å². The first kappa shape index (κ1) is 17.2. The van der Waals surface area contributed by atoms with Gasteiger partial charge < -0.3 is 0 Å². The minimum absolute atomic E-state index is 0.0868. The van der Waals surface area contributed by atoms with Crippen LogP contribution in [0.2, 0.25) is 10.0 Å². The lowest BCUT2D eigenvalue weighted by molar-refractivity contribution is 0.581. The third kappa shape index (κ3) is 4.00. The minimum atomic E-state index is -3.77. The first-order chi connectivity index (χ1) is 9.85. The van der Waals surface area contributed by atoms with Crippen LogP contribution in [0.4, 0.5) is 0 Å². The maximum Gasteiger partial charge on any atom is 0.243 e. The van der Waals surface area contributed by atoms with E-state index in [-0.39, 0.29) is 21.5 Å². The summed E-state index contributed by atoms with van der Waals surface area (Å²) in [7, 11) is -3.77. The van der Waals surface area contributed by atoms with Gasteiger partial charge in [-0.2, -0.15) is 0 Å². The van der Waals surface area contributed by atoms with Crippen molar-refractivity contribution in [1.82, 2.24) is 4.72 Å². The van der Waals surface area contributed by atoms with E-state index in [2.05, 4.69) is 20.7 Å². The zero-order valence-corrected chi connectivity index (χ0v) is 15.7. The van der Waals surface area contributed by atoms with E-state index in [1.807, 2.05) is 18.4 Å². The van der Waals surface area contributed by atoms with Crippen LogP contribution >= 0.6 is 50.5 Å². The fourth-order valence-electron chi connectivity index (χ4n) is 1.86. The molecule has 0 fully saturated rings. The lowest BCUT2D eigenvalue weighted by atomic mass is 10.2. The van der Waals surface area contributed by atoms with Crippen molar-refractivity contribution in [2.45, 2.75) is 24.8 Å². The smallest absolute Gasteiger partial charge is 0.207 e. The third-order valence-electron chi connectivity index (χ3n) is 2.87. The minimum Gasteiger partial charge on any atom is -0.207 e. The summed E-state index contributed by atoms with van der Waals surface area (Å²) in [6.45, 7) is 2.26. The highest BCUT2D eigenvalue weighted by Gasteiger charge is 2.22. The molecule has 114 valence electrons. The molecule has 0 bridgehead atoms. The number of hydrogen-bond acceptors (Lipinski definition) is 3. The molecule has 0 saturated heterocycles. The van der Waals surface area contributed by atoms with Crippen molar-refractivity contribution < 1.29 is 8.42 Å². The largest absolute Gasteiger partial charge is 0.243 e. The summed E-state index contributed by atoms with van der Waals surface area (Å²) in [6.07, 6.45) is 0.861. The van der Waals surface area contributed by atoms with Crippen LogP contribution in [0, 0.1) is 0 Å². The van der Waals surface area contributed by atoms with Gasteiger partial charge in [0.25, 0.3) is 0 Å². The van der Waals surface area contributed by atoms with Gasteiger partial charge in [-0.15, -0.1) is 11.3 Å². The van der Waals surface area contributed by atoms with Crippen molar-refractivity contribution in [2.24, 2.45) is 0 Å². The quantitative estimate of drug-likeness (QED) is 0.738. The number of hydrogen-bond donors (Lipinski definition) is 1. The van der Waals surface area contributed by atoms with Crippen molar-refractivity contribution in [1.29, 1.82) is 0 Å². The van der Waals surface area contributed by atoms with Gasteiger partial charge in [-0.25, -0.2) is 13.1 Å². The molecule has 0 aliphatic heterocycles. The van der Waals surface area contributed by atoms with E-state index in [9.17, 15) is 8.42 Å². The molecule has 0 radical (unpaired) electrons. The Morgan fingerprint density at radius 3 is 2.48 bits per heavy atom. The molecule has 0 amide bonds. The molecule has 0 aliphatic carbocycles. The number of nitrogens with one attached hydrogen (secondary N) is 1. The maximum absolute atomic E-state index is 12.4. The van der Waals surface area contributed by atoms with E-state index < -0.39 is 10.0 Å². The summed E-state index contributed by atoms with van der Waals surface area (Å²) in [5.74, 6) is 0. The van der Waals surface area contributed by atoms with Crippen LogP contribution in [0.25, 0.3) is 0 Å². The van der Waals surface area contributed by atoms with E-state index in [4.69, 9.17) is 23.2 Å². The fourth-order valence-corrected chi connectivity index (χ4v) is 5.79. The van der Waals surface area contributed by atoms with Crippen molar-refractivity contribution in [3.8, 4) is 0 Å². The van der Waals surface area contributed by atoms with E-state index in [1.165, 1.54) is 23.5 Å². The van der Waals surface area contributed by atoms with Gasteiger partial charge in [0.1, 0.15) is 4.90 Å². The van der Waals surface area contributed by atoms with Crippen molar-refractivity contribution in [2.75, 3.05) is 0 Å². The Bertz CT molecular complexity index is 736. The van der Waals surface area contributed by atoms with Crippen LogP contribution in [-0.4, -0.2) is 8.42 Å². The lowest BCUT2D eigenvalue weighted by Gasteiger charge is -2.10. The maximum atomic E-state index is 12.4. The SMILES string of the molecule is CCc1ccsc1CNS(=O)(=O)c1c(Cl)cc(Br)cc1Cl. The summed E-state index contributed by atoms with van der Waals surface area (Å²) in [6, 6.07) is 5.00. The molecule has 3 nitrogen and oxygen atoms in total. The van der Waals surface area contributed by atoms with Crippen molar-refractivity contribution in [3.05, 3.63) is 48.5 Å². The van der Waals surface area contributed by atoms with Gasteiger partial charge in [0.2, 0.25) is 10.0 Å². The van der Waals surface area contributed by atoms with Gasteiger partial charge in [-0.1, -0.05) is 46.1 Å². The molecule has 8 heteroatoms. The summed E-state index contributed by atoms with van der Waals surface area (Å²) in [4.78, 5) is 0.897. The molecule has 0 atom stereocenters. The van der Waals surface area contributed by atoms with E-state index >= 15 is 0 Å². The van der Waals surface area contributed by atoms with Gasteiger partial charge in [0.15, 0.2) is 0 Å². The molecule has 1 aromatic carbocycles. The zero-order valence-electron chi connectivity index (χ0n) is 11.0. The van der Waals surface area contributed by atoms with E-state index in [0.717, 1.165) is 16.9 Å². The third-order valence-corrected chi connectivity index (χ3v) is 6.62. The number of rotatable bonds is 5. The second-order valence-corrected chi connectivity index (χ2v) is 8.68. The number of benzene rings is 1. The van der Waals surface area contributed by atoms with Gasteiger partial charge in [0.05, 0.1) is 10.0 Å². The monoisotopic (exact) mass is 427 g/mol. The van der Waals surface area contributed by atoms with E-state index in [1.54, 1.807) is 0 Å². The fraction of sp³-hybridized carbons (Fsp3) is 0.231. The average Bonchev–Trinajstić information content (AvgIpc) is 2.82. The summed E-state index contributed by atoms with van der Waals surface area (Å²) in [5.41, 5.74) is 1.13. The predicted octanol–water partition coefficient (Wildman–Crippen LogP) is 4.86. The first-order valence-corrected chi connectivity index (χ1v) is 9.95. The van der Waals surface area contributed by atoms with Gasteiger partial charge in [0, 0.05) is 15.9 Å². The van der Waals surface area contributed by atoms with Gasteiger partial charge in [-0.05, 0) is 35.6 Å². The lowest BCUT2D eigenvalue weighted by Crippen LogP contribution is -2.24. The molecule has 1 N–H and O–H groups in total. The Labute approximate surface area is 146 Å². The zero-order chi connectivity index (χ0) is 15.6. The molecule has 1 aromatic heterocycles. The number of sulfonamides is 1. The predicted molar refractivity (Wildman–Crippen MR) is 91.9 cm³/mol. The molecule has 2 aromatic rings. The topological polar surface area (TPSA) is 46.2 Å². The Morgan fingerprint density at radius 2 is 1.90 bits per heavy atom. The standard InChI is InChI=1S/C13H12BrCl2NO2S2/c1-2-8-3-4-20-12(8)7-17-21(18,19)13-10(15)5-9(14)6-11(13)16/h3-6,17H,2,7H2,1H3. The second-order valence-electron chi connectivity index (χ2n) is 4.25. The molecular weight excluding hydrogens is 417 g/mol.